The second-order valence-corrected chi connectivity index (χ2v) is 6.38. The first-order chi connectivity index (χ1) is 10.4. The van der Waals surface area contributed by atoms with E-state index in [9.17, 15) is 0 Å². The van der Waals surface area contributed by atoms with Crippen LogP contribution in [0.3, 0.4) is 0 Å². The number of anilines is 2. The fourth-order valence-corrected chi connectivity index (χ4v) is 1.94. The number of para-hydroxylation sites is 2. The normalized spacial score (nSPS) is 8.78. The Bertz CT molecular complexity index is 552. The van der Waals surface area contributed by atoms with E-state index in [1.165, 1.54) is 0 Å². The number of nitrogens with zero attached hydrogens (tertiary/aromatic N) is 2. The summed E-state index contributed by atoms with van der Waals surface area (Å²) in [5.41, 5.74) is 2.07. The molecule has 0 bridgehead atoms. The Balaban J connectivity index is 0.000000403. The number of thiocarbonyl (C=S) groups is 2. The van der Waals surface area contributed by atoms with Crippen LogP contribution in [-0.2, 0) is 44.7 Å². The van der Waals surface area contributed by atoms with Crippen molar-refractivity contribution in [3.63, 3.8) is 0 Å². The van der Waals surface area contributed by atoms with Crippen LogP contribution >= 0.6 is 24.4 Å². The van der Waals surface area contributed by atoms with Gasteiger partial charge >= 0.3 is 19.5 Å². The number of rotatable bonds is 2. The average molecular weight is 430 g/mol. The molecule has 0 amide bonds. The third kappa shape index (κ3) is 8.09. The Kier molecular flexibility index (Phi) is 11.4. The minimum Gasteiger partial charge on any atom is -0.411 e. The van der Waals surface area contributed by atoms with Crippen molar-refractivity contribution in [3.05, 3.63) is 60.7 Å². The van der Waals surface area contributed by atoms with Crippen molar-refractivity contribution in [2.75, 3.05) is 23.9 Å². The van der Waals surface area contributed by atoms with Crippen LogP contribution in [0, 0.1) is 0 Å². The van der Waals surface area contributed by atoms with Crippen molar-refractivity contribution in [1.29, 1.82) is 0 Å². The first-order valence-corrected chi connectivity index (χ1v) is 8.06. The molecule has 0 atom stereocenters. The molecule has 0 unspecified atom stereocenters. The molecule has 116 valence electrons. The summed E-state index contributed by atoms with van der Waals surface area (Å²) in [5, 5.41) is 0. The van der Waals surface area contributed by atoms with E-state index in [1.807, 2.05) is 74.8 Å². The minimum atomic E-state index is 0. The molecule has 0 N–H and O–H groups in total. The van der Waals surface area contributed by atoms with E-state index >= 15 is 0 Å². The van der Waals surface area contributed by atoms with Gasteiger partial charge in [-0.1, -0.05) is 45.0 Å². The molecule has 0 aliphatic carbocycles. The maximum Gasteiger partial charge on any atom is 2.00 e. The zero-order chi connectivity index (χ0) is 16.5. The van der Waals surface area contributed by atoms with E-state index < -0.39 is 0 Å². The summed E-state index contributed by atoms with van der Waals surface area (Å²) in [6.07, 6.45) is 0. The summed E-state index contributed by atoms with van der Waals surface area (Å²) in [6.45, 7) is 0. The Morgan fingerprint density at radius 2 is 0.957 bits per heavy atom. The molecule has 0 radical (unpaired) electrons. The standard InChI is InChI=1S/2C8H9NS2.Zn/c2*1-9(8(10)11)7-5-3-2-4-6-7;/h2*2-6H,1H3,(H,10,11);/q;;+2/p-2. The van der Waals surface area contributed by atoms with Gasteiger partial charge in [-0.3, -0.25) is 0 Å². The van der Waals surface area contributed by atoms with Crippen LogP contribution in [0.4, 0.5) is 11.4 Å². The van der Waals surface area contributed by atoms with Crippen molar-refractivity contribution < 1.29 is 19.5 Å². The SMILES string of the molecule is CN(C(=S)[S-])c1ccccc1.CN(C(=S)[S-])c1ccccc1.[Zn+2]. The van der Waals surface area contributed by atoms with Crippen molar-refractivity contribution in [3.8, 4) is 0 Å². The van der Waals surface area contributed by atoms with Gasteiger partial charge in [0.2, 0.25) is 0 Å². The molecule has 0 aliphatic heterocycles. The van der Waals surface area contributed by atoms with Crippen LogP contribution < -0.4 is 9.80 Å². The molecule has 7 heteroatoms. The van der Waals surface area contributed by atoms with Gasteiger partial charge < -0.3 is 59.5 Å². The molecule has 0 heterocycles. The predicted molar refractivity (Wildman–Crippen MR) is 110 cm³/mol. The molecule has 23 heavy (non-hydrogen) atoms. The average Bonchev–Trinajstić information content (AvgIpc) is 2.55. The quantitative estimate of drug-likeness (QED) is 0.403. The Hall–Kier alpha value is -0.717. The molecule has 2 aromatic carbocycles. The van der Waals surface area contributed by atoms with Crippen LogP contribution in [0.2, 0.25) is 0 Å². The summed E-state index contributed by atoms with van der Waals surface area (Å²) in [6, 6.07) is 19.6. The van der Waals surface area contributed by atoms with Crippen LogP contribution in [0.15, 0.2) is 60.7 Å². The van der Waals surface area contributed by atoms with Gasteiger partial charge in [-0.15, -0.1) is 0 Å². The van der Waals surface area contributed by atoms with Crippen molar-refractivity contribution in [2.24, 2.45) is 0 Å². The monoisotopic (exact) mass is 428 g/mol. The predicted octanol–water partition coefficient (Wildman–Crippen LogP) is 3.91. The van der Waals surface area contributed by atoms with Gasteiger partial charge in [-0.05, 0) is 24.3 Å². The third-order valence-electron chi connectivity index (χ3n) is 2.83. The number of benzene rings is 2. The van der Waals surface area contributed by atoms with Gasteiger partial charge in [-0.25, -0.2) is 0 Å². The van der Waals surface area contributed by atoms with E-state index in [4.69, 9.17) is 49.7 Å². The molecule has 0 aromatic heterocycles. The van der Waals surface area contributed by atoms with E-state index in [0.29, 0.717) is 8.64 Å². The van der Waals surface area contributed by atoms with Crippen LogP contribution in [-0.4, -0.2) is 22.7 Å². The molecular weight excluding hydrogens is 414 g/mol. The van der Waals surface area contributed by atoms with Gasteiger partial charge in [0.1, 0.15) is 0 Å². The zero-order valence-electron chi connectivity index (χ0n) is 13.0. The smallest absolute Gasteiger partial charge is 0.411 e. The Morgan fingerprint density at radius 1 is 0.696 bits per heavy atom. The fraction of sp³-hybridized carbons (Fsp3) is 0.125. The van der Waals surface area contributed by atoms with E-state index in [-0.39, 0.29) is 19.5 Å². The van der Waals surface area contributed by atoms with E-state index in [0.717, 1.165) is 11.4 Å². The van der Waals surface area contributed by atoms with Gasteiger partial charge in [-0.2, -0.15) is 0 Å². The second-order valence-electron chi connectivity index (χ2n) is 4.32. The van der Waals surface area contributed by atoms with Gasteiger partial charge in [0.25, 0.3) is 0 Å². The second kappa shape index (κ2) is 11.8. The summed E-state index contributed by atoms with van der Waals surface area (Å²) >= 11 is 19.4. The van der Waals surface area contributed by atoms with Crippen LogP contribution in [0.5, 0.6) is 0 Å². The molecule has 0 aliphatic rings. The van der Waals surface area contributed by atoms with Crippen molar-refractivity contribution in [1.82, 2.24) is 0 Å². The maximum atomic E-state index is 4.84. The molecule has 0 saturated heterocycles. The van der Waals surface area contributed by atoms with E-state index in [2.05, 4.69) is 0 Å². The Morgan fingerprint density at radius 3 is 1.17 bits per heavy atom. The first kappa shape index (κ1) is 22.3. The van der Waals surface area contributed by atoms with Crippen molar-refractivity contribution >= 4 is 69.7 Å². The minimum absolute atomic E-state index is 0. The summed E-state index contributed by atoms with van der Waals surface area (Å²) < 4.78 is 0.937. The van der Waals surface area contributed by atoms with Crippen LogP contribution in [0.25, 0.3) is 0 Å². The van der Waals surface area contributed by atoms with Gasteiger partial charge in [0.05, 0.1) is 0 Å². The number of hydrogen-bond acceptors (Lipinski definition) is 4. The Labute approximate surface area is 172 Å². The van der Waals surface area contributed by atoms with Gasteiger partial charge in [0, 0.05) is 25.5 Å². The fourth-order valence-electron chi connectivity index (χ4n) is 1.51. The first-order valence-electron chi connectivity index (χ1n) is 6.43. The molecule has 2 aromatic rings. The molecule has 2 nitrogen and oxygen atoms in total. The van der Waals surface area contributed by atoms with E-state index in [1.54, 1.807) is 9.80 Å². The molecule has 0 spiro atoms. The van der Waals surface area contributed by atoms with Crippen molar-refractivity contribution in [2.45, 2.75) is 0 Å². The summed E-state index contributed by atoms with van der Waals surface area (Å²) in [4.78, 5) is 3.59. The third-order valence-corrected chi connectivity index (χ3v) is 3.93. The molecule has 2 rings (SSSR count). The topological polar surface area (TPSA) is 6.48 Å². The van der Waals surface area contributed by atoms with Gasteiger partial charge in [0.15, 0.2) is 0 Å². The number of hydrogen-bond donors (Lipinski definition) is 0. The summed E-state index contributed by atoms with van der Waals surface area (Å²) in [5.74, 6) is 0. The zero-order valence-corrected chi connectivity index (χ0v) is 19.2. The maximum absolute atomic E-state index is 4.84. The molecule has 0 fully saturated rings. The molecular formula is C16H16N2S4Zn. The van der Waals surface area contributed by atoms with Crippen LogP contribution in [0.1, 0.15) is 0 Å². The largest absolute Gasteiger partial charge is 2.00 e. The molecule has 0 saturated carbocycles. The summed E-state index contributed by atoms with van der Waals surface area (Å²) in [7, 11) is 3.73.